The Morgan fingerprint density at radius 3 is 2.35 bits per heavy atom. The number of aromatic nitrogens is 2. The summed E-state index contributed by atoms with van der Waals surface area (Å²) in [5, 5.41) is 0.621. The van der Waals surface area contributed by atoms with Crippen molar-refractivity contribution in [2.75, 3.05) is 7.11 Å². The summed E-state index contributed by atoms with van der Waals surface area (Å²) < 4.78 is 20.2. The Morgan fingerprint density at radius 1 is 1.27 bits per heavy atom. The molecular formula is C16H20BIN2O5S. The third-order valence-electron chi connectivity index (χ3n) is 5.10. The lowest BCUT2D eigenvalue weighted by atomic mass is 9.78. The van der Waals surface area contributed by atoms with Gasteiger partial charge in [0.1, 0.15) is 11.2 Å². The number of halogens is 1. The van der Waals surface area contributed by atoms with E-state index in [-0.39, 0.29) is 5.56 Å². The molecule has 2 aromatic heterocycles. The predicted octanol–water partition coefficient (Wildman–Crippen LogP) is 2.27. The van der Waals surface area contributed by atoms with E-state index in [0.717, 1.165) is 0 Å². The Labute approximate surface area is 168 Å². The fraction of sp³-hybridized carbons (Fsp3) is 0.500. The lowest BCUT2D eigenvalue weighted by Gasteiger charge is -2.32. The Balaban J connectivity index is 2.28. The molecule has 1 aliphatic rings. The quantitative estimate of drug-likeness (QED) is 0.374. The van der Waals surface area contributed by atoms with E-state index in [1.807, 2.05) is 48.9 Å². The number of carbonyl (C=O) groups is 1. The van der Waals surface area contributed by atoms with Crippen LogP contribution in [-0.2, 0) is 21.1 Å². The number of hydrogen-bond acceptors (Lipinski definition) is 6. The minimum Gasteiger partial charge on any atom is -0.464 e. The van der Waals surface area contributed by atoms with Gasteiger partial charge in [-0.25, -0.2) is 4.79 Å². The molecule has 26 heavy (non-hydrogen) atoms. The molecule has 0 bridgehead atoms. The zero-order chi connectivity index (χ0) is 19.4. The van der Waals surface area contributed by atoms with Crippen molar-refractivity contribution < 1.29 is 18.8 Å². The predicted molar refractivity (Wildman–Crippen MR) is 111 cm³/mol. The molecule has 1 aliphatic heterocycles. The van der Waals surface area contributed by atoms with E-state index >= 15 is 0 Å². The fourth-order valence-corrected chi connectivity index (χ4v) is 4.57. The molecule has 0 radical (unpaired) electrons. The van der Waals surface area contributed by atoms with Crippen molar-refractivity contribution in [1.82, 2.24) is 8.54 Å². The van der Waals surface area contributed by atoms with Crippen LogP contribution in [0.15, 0.2) is 17.1 Å². The lowest BCUT2D eigenvalue weighted by Crippen LogP contribution is -2.41. The largest absolute Gasteiger partial charge is 0.497 e. The normalized spacial score (nSPS) is 18.5. The minimum atomic E-state index is -0.644. The second-order valence-corrected chi connectivity index (χ2v) is 8.92. The van der Waals surface area contributed by atoms with Crippen LogP contribution < -0.4 is 11.0 Å². The molecule has 3 rings (SSSR count). The summed E-state index contributed by atoms with van der Waals surface area (Å²) in [6.07, 6.45) is 1.70. The minimum absolute atomic E-state index is 0.209. The van der Waals surface area contributed by atoms with Gasteiger partial charge in [0.2, 0.25) is 0 Å². The Morgan fingerprint density at radius 2 is 1.85 bits per heavy atom. The number of pyridine rings is 1. The van der Waals surface area contributed by atoms with Gasteiger partial charge >= 0.3 is 13.1 Å². The van der Waals surface area contributed by atoms with Crippen molar-refractivity contribution in [3.05, 3.63) is 28.3 Å². The Hall–Kier alpha value is -0.975. The van der Waals surface area contributed by atoms with Gasteiger partial charge in [-0.1, -0.05) is 0 Å². The first-order chi connectivity index (χ1) is 12.0. The molecule has 140 valence electrons. The van der Waals surface area contributed by atoms with Crippen LogP contribution in [0.25, 0.3) is 10.9 Å². The Bertz CT molecular complexity index is 936. The molecule has 0 saturated carbocycles. The highest BCUT2D eigenvalue weighted by atomic mass is 127. The molecule has 1 fully saturated rings. The molecule has 0 aromatic carbocycles. The van der Waals surface area contributed by atoms with Gasteiger partial charge < -0.3 is 18.6 Å². The van der Waals surface area contributed by atoms with E-state index in [4.69, 9.17) is 14.0 Å². The smallest absolute Gasteiger partial charge is 0.464 e. The molecule has 0 amide bonds. The molecule has 10 heteroatoms. The molecule has 7 nitrogen and oxygen atoms in total. The van der Waals surface area contributed by atoms with Crippen LogP contribution in [0.5, 0.6) is 0 Å². The zero-order valence-electron chi connectivity index (χ0n) is 15.5. The lowest BCUT2D eigenvalue weighted by molar-refractivity contribution is 0.00578. The van der Waals surface area contributed by atoms with Gasteiger partial charge in [0.05, 0.1) is 18.3 Å². The topological polar surface area (TPSA) is 71.7 Å². The first-order valence-corrected chi connectivity index (χ1v) is 11.3. The highest BCUT2D eigenvalue weighted by Gasteiger charge is 2.52. The van der Waals surface area contributed by atoms with Gasteiger partial charge in [0.15, 0.2) is 0 Å². The number of aryl methyl sites for hydroxylation is 1. The maximum atomic E-state index is 12.7. The average molecular weight is 490 g/mol. The molecule has 2 aromatic rings. The first kappa shape index (κ1) is 19.8. The molecule has 3 heterocycles. The van der Waals surface area contributed by atoms with Gasteiger partial charge in [-0.15, -0.1) is 0 Å². The van der Waals surface area contributed by atoms with Crippen LogP contribution in [0.3, 0.4) is 0 Å². The summed E-state index contributed by atoms with van der Waals surface area (Å²) in [5.74, 6) is -0.507. The summed E-state index contributed by atoms with van der Waals surface area (Å²) in [7, 11) is 3.58. The number of carbonyl (C=O) groups excluding carboxylic acids is 1. The molecule has 0 N–H and O–H groups in total. The van der Waals surface area contributed by atoms with E-state index in [0.29, 0.717) is 22.1 Å². The summed E-state index contributed by atoms with van der Waals surface area (Å²) >= 11 is 2.03. The van der Waals surface area contributed by atoms with Crippen molar-refractivity contribution in [2.24, 2.45) is 7.05 Å². The molecule has 0 unspecified atom stereocenters. The number of ether oxygens (including phenoxy) is 1. The fourth-order valence-electron chi connectivity index (χ4n) is 2.90. The van der Waals surface area contributed by atoms with E-state index in [9.17, 15) is 9.59 Å². The third kappa shape index (κ3) is 2.90. The molecule has 0 spiro atoms. The first-order valence-electron chi connectivity index (χ1n) is 8.02. The standard InChI is InChI=1S/C16H20BIN2O5S/c1-15(2)16(3,4)25-17(24-15)10-8-19(5)13(21)12-9(10)7-11(14(22)23-6)20(12)26-18/h7-8H,1-6H3. The third-order valence-corrected chi connectivity index (χ3v) is 6.79. The number of hydrogen-bond donors (Lipinski definition) is 0. The van der Waals surface area contributed by atoms with Crippen LogP contribution in [0.4, 0.5) is 0 Å². The van der Waals surface area contributed by atoms with Crippen molar-refractivity contribution in [3.8, 4) is 0 Å². The maximum absolute atomic E-state index is 12.7. The second-order valence-electron chi connectivity index (χ2n) is 7.24. The molecule has 0 aliphatic carbocycles. The summed E-state index contributed by atoms with van der Waals surface area (Å²) in [6.45, 7) is 7.88. The van der Waals surface area contributed by atoms with Crippen LogP contribution in [0.2, 0.25) is 0 Å². The van der Waals surface area contributed by atoms with Crippen molar-refractivity contribution in [2.45, 2.75) is 38.9 Å². The number of rotatable bonds is 3. The SMILES string of the molecule is COC(=O)c1cc2c(B3OC(C)(C)C(C)(C)O3)cn(C)c(=O)c2n1SI. The van der Waals surface area contributed by atoms with Crippen LogP contribution in [0.1, 0.15) is 38.2 Å². The van der Waals surface area contributed by atoms with E-state index in [1.54, 1.807) is 23.3 Å². The van der Waals surface area contributed by atoms with Gasteiger partial charge in [-0.3, -0.25) is 8.77 Å². The highest BCUT2D eigenvalue weighted by molar-refractivity contribution is 14.2. The number of fused-ring (bicyclic) bond motifs is 1. The van der Waals surface area contributed by atoms with Gasteiger partial charge in [0.25, 0.3) is 5.56 Å². The second kappa shape index (κ2) is 6.57. The number of esters is 1. The van der Waals surface area contributed by atoms with Gasteiger partial charge in [-0.05, 0) is 33.8 Å². The van der Waals surface area contributed by atoms with Crippen LogP contribution >= 0.6 is 30.3 Å². The maximum Gasteiger partial charge on any atom is 0.497 e. The number of methoxy groups -OCH3 is 1. The molecule has 0 atom stereocenters. The van der Waals surface area contributed by atoms with Crippen molar-refractivity contribution in [1.29, 1.82) is 0 Å². The highest BCUT2D eigenvalue weighted by Crippen LogP contribution is 2.37. The van der Waals surface area contributed by atoms with Gasteiger partial charge in [-0.2, -0.15) is 0 Å². The van der Waals surface area contributed by atoms with E-state index in [2.05, 4.69) is 0 Å². The average Bonchev–Trinajstić information content (AvgIpc) is 3.05. The molecule has 1 saturated heterocycles. The van der Waals surface area contributed by atoms with Crippen LogP contribution in [-0.4, -0.2) is 39.9 Å². The van der Waals surface area contributed by atoms with Crippen molar-refractivity contribution >= 4 is 59.8 Å². The van der Waals surface area contributed by atoms with Crippen LogP contribution in [0, 0.1) is 0 Å². The summed E-state index contributed by atoms with van der Waals surface area (Å²) in [5.41, 5.74) is 0.173. The summed E-state index contributed by atoms with van der Waals surface area (Å²) in [6, 6.07) is 1.66. The summed E-state index contributed by atoms with van der Waals surface area (Å²) in [4.78, 5) is 24.9. The van der Waals surface area contributed by atoms with Crippen molar-refractivity contribution in [3.63, 3.8) is 0 Å². The van der Waals surface area contributed by atoms with Gasteiger partial charge in [0, 0.05) is 54.4 Å². The Kier molecular flexibility index (Phi) is 5.00. The zero-order valence-corrected chi connectivity index (χ0v) is 18.4. The van der Waals surface area contributed by atoms with E-state index < -0.39 is 24.3 Å². The monoisotopic (exact) mass is 490 g/mol. The van der Waals surface area contributed by atoms with E-state index in [1.165, 1.54) is 20.8 Å². The number of nitrogens with zero attached hydrogens (tertiary/aromatic N) is 2. The molecular weight excluding hydrogens is 470 g/mol.